The molecule has 0 atom stereocenters. The van der Waals surface area contributed by atoms with Crippen molar-refractivity contribution in [1.29, 1.82) is 0 Å². The number of thioether (sulfide) groups is 1. The maximum absolute atomic E-state index is 8.34. The van der Waals surface area contributed by atoms with Crippen LogP contribution >= 0.6 is 11.8 Å². The molecule has 0 saturated heterocycles. The summed E-state index contributed by atoms with van der Waals surface area (Å²) in [5, 5.41) is 8.34. The van der Waals surface area contributed by atoms with Crippen LogP contribution in [-0.4, -0.2) is 42.3 Å². The molecule has 0 fully saturated rings. The highest BCUT2D eigenvalue weighted by Crippen LogP contribution is 1.97. The zero-order valence-electron chi connectivity index (χ0n) is 5.42. The molecular weight excluding hydrogens is 122 g/mol. The van der Waals surface area contributed by atoms with Gasteiger partial charge < -0.3 is 10.0 Å². The van der Waals surface area contributed by atoms with E-state index >= 15 is 0 Å². The lowest BCUT2D eigenvalue weighted by Crippen LogP contribution is -2.10. The minimum Gasteiger partial charge on any atom is -0.396 e. The van der Waals surface area contributed by atoms with Gasteiger partial charge in [0.05, 0.1) is 6.61 Å². The topological polar surface area (TPSA) is 23.5 Å². The van der Waals surface area contributed by atoms with Crippen molar-refractivity contribution in [2.75, 3.05) is 32.3 Å². The lowest BCUT2D eigenvalue weighted by Gasteiger charge is -2.06. The van der Waals surface area contributed by atoms with E-state index in [0.29, 0.717) is 6.61 Å². The SMILES string of the molecule is CN(C)CSCCO. The highest BCUT2D eigenvalue weighted by molar-refractivity contribution is 7.99. The molecule has 0 aliphatic carbocycles. The molecule has 50 valence electrons. The number of aliphatic hydroxyl groups excluding tert-OH is 1. The molecule has 2 nitrogen and oxygen atoms in total. The molecule has 0 heterocycles. The summed E-state index contributed by atoms with van der Waals surface area (Å²) in [6.07, 6.45) is 0. The van der Waals surface area contributed by atoms with Gasteiger partial charge in [-0.15, -0.1) is 11.8 Å². The molecule has 0 amide bonds. The molecule has 0 aromatic rings. The van der Waals surface area contributed by atoms with Gasteiger partial charge in [0.1, 0.15) is 0 Å². The average molecular weight is 135 g/mol. The molecule has 0 spiro atoms. The first-order valence-electron chi connectivity index (χ1n) is 2.60. The van der Waals surface area contributed by atoms with Crippen LogP contribution in [-0.2, 0) is 0 Å². The summed E-state index contributed by atoms with van der Waals surface area (Å²) in [5.41, 5.74) is 0. The monoisotopic (exact) mass is 135 g/mol. The van der Waals surface area contributed by atoms with Gasteiger partial charge in [0.25, 0.3) is 0 Å². The highest BCUT2D eigenvalue weighted by atomic mass is 32.2. The van der Waals surface area contributed by atoms with Crippen molar-refractivity contribution >= 4 is 11.8 Å². The van der Waals surface area contributed by atoms with Gasteiger partial charge in [-0.25, -0.2) is 0 Å². The van der Waals surface area contributed by atoms with Gasteiger partial charge in [-0.3, -0.25) is 0 Å². The number of rotatable bonds is 4. The molecule has 0 rings (SSSR count). The van der Waals surface area contributed by atoms with Crippen LogP contribution in [0.2, 0.25) is 0 Å². The van der Waals surface area contributed by atoms with E-state index in [1.807, 2.05) is 14.1 Å². The Labute approximate surface area is 54.9 Å². The second-order valence-electron chi connectivity index (χ2n) is 1.84. The summed E-state index contributed by atoms with van der Waals surface area (Å²) in [4.78, 5) is 2.08. The lowest BCUT2D eigenvalue weighted by molar-refractivity contribution is 0.322. The predicted molar refractivity (Wildman–Crippen MR) is 38.1 cm³/mol. The molecule has 1 N–H and O–H groups in total. The Morgan fingerprint density at radius 2 is 2.12 bits per heavy atom. The minimum atomic E-state index is 0.290. The van der Waals surface area contributed by atoms with E-state index in [9.17, 15) is 0 Å². The molecule has 0 aliphatic heterocycles. The third-order valence-corrected chi connectivity index (χ3v) is 1.76. The maximum atomic E-state index is 8.34. The summed E-state index contributed by atoms with van der Waals surface area (Å²) in [6, 6.07) is 0. The zero-order valence-corrected chi connectivity index (χ0v) is 6.24. The summed E-state index contributed by atoms with van der Waals surface area (Å²) >= 11 is 1.74. The highest BCUT2D eigenvalue weighted by Gasteiger charge is 1.87. The Kier molecular flexibility index (Phi) is 5.59. The van der Waals surface area contributed by atoms with Gasteiger partial charge >= 0.3 is 0 Å². The Bertz CT molecular complexity index is 49.7. The number of hydrogen-bond donors (Lipinski definition) is 1. The fourth-order valence-electron chi connectivity index (χ4n) is 0.312. The van der Waals surface area contributed by atoms with Crippen LogP contribution in [0.4, 0.5) is 0 Å². The van der Waals surface area contributed by atoms with Gasteiger partial charge in [0.15, 0.2) is 0 Å². The van der Waals surface area contributed by atoms with Crippen molar-refractivity contribution in [2.24, 2.45) is 0 Å². The Morgan fingerprint density at radius 3 is 2.50 bits per heavy atom. The Morgan fingerprint density at radius 1 is 1.50 bits per heavy atom. The van der Waals surface area contributed by atoms with Crippen LogP contribution in [0.3, 0.4) is 0 Å². The van der Waals surface area contributed by atoms with E-state index in [-0.39, 0.29) is 0 Å². The smallest absolute Gasteiger partial charge is 0.0522 e. The molecule has 0 bridgehead atoms. The molecule has 0 aromatic carbocycles. The Hall–Kier alpha value is 0.270. The van der Waals surface area contributed by atoms with Gasteiger partial charge in [-0.1, -0.05) is 0 Å². The van der Waals surface area contributed by atoms with Crippen molar-refractivity contribution in [3.8, 4) is 0 Å². The van der Waals surface area contributed by atoms with Crippen LogP contribution in [0.1, 0.15) is 0 Å². The third-order valence-electron chi connectivity index (χ3n) is 0.585. The second kappa shape index (κ2) is 5.41. The van der Waals surface area contributed by atoms with Crippen LogP contribution in [0.15, 0.2) is 0 Å². The molecule has 8 heavy (non-hydrogen) atoms. The standard InChI is InChI=1S/C5H13NOS/c1-6(2)5-8-4-3-7/h7H,3-5H2,1-2H3. The molecule has 0 unspecified atom stereocenters. The fraction of sp³-hybridized carbons (Fsp3) is 1.00. The molecular formula is C5H13NOS. The normalized spacial score (nSPS) is 10.5. The first-order chi connectivity index (χ1) is 3.77. The summed E-state index contributed by atoms with van der Waals surface area (Å²) in [5.74, 6) is 1.85. The van der Waals surface area contributed by atoms with Crippen LogP contribution in [0, 0.1) is 0 Å². The van der Waals surface area contributed by atoms with E-state index in [1.165, 1.54) is 0 Å². The summed E-state index contributed by atoms with van der Waals surface area (Å²) in [6.45, 7) is 0.290. The number of nitrogens with zero attached hydrogens (tertiary/aromatic N) is 1. The Balaban J connectivity index is 2.72. The predicted octanol–water partition coefficient (Wildman–Crippen LogP) is 0.231. The fourth-order valence-corrected chi connectivity index (χ4v) is 0.935. The van der Waals surface area contributed by atoms with Gasteiger partial charge in [0, 0.05) is 11.6 Å². The van der Waals surface area contributed by atoms with Crippen molar-refractivity contribution < 1.29 is 5.11 Å². The van der Waals surface area contributed by atoms with Crippen molar-refractivity contribution in [2.45, 2.75) is 0 Å². The lowest BCUT2D eigenvalue weighted by atomic mass is 10.9. The van der Waals surface area contributed by atoms with Gasteiger partial charge in [0.2, 0.25) is 0 Å². The first-order valence-corrected chi connectivity index (χ1v) is 3.76. The molecule has 0 saturated carbocycles. The van der Waals surface area contributed by atoms with Gasteiger partial charge in [-0.2, -0.15) is 0 Å². The van der Waals surface area contributed by atoms with Crippen LogP contribution < -0.4 is 0 Å². The van der Waals surface area contributed by atoms with E-state index in [4.69, 9.17) is 5.11 Å². The largest absolute Gasteiger partial charge is 0.396 e. The third kappa shape index (κ3) is 6.27. The molecule has 0 aromatic heterocycles. The van der Waals surface area contributed by atoms with Crippen molar-refractivity contribution in [1.82, 2.24) is 4.90 Å². The number of aliphatic hydroxyl groups is 1. The van der Waals surface area contributed by atoms with E-state index < -0.39 is 0 Å². The first kappa shape index (κ1) is 8.27. The maximum Gasteiger partial charge on any atom is 0.0522 e. The van der Waals surface area contributed by atoms with Crippen LogP contribution in [0.25, 0.3) is 0 Å². The van der Waals surface area contributed by atoms with E-state index in [0.717, 1.165) is 11.6 Å². The average Bonchev–Trinajstić information content (AvgIpc) is 1.66. The number of hydrogen-bond acceptors (Lipinski definition) is 3. The van der Waals surface area contributed by atoms with Crippen molar-refractivity contribution in [3.63, 3.8) is 0 Å². The molecule has 0 radical (unpaired) electrons. The second-order valence-corrected chi connectivity index (χ2v) is 2.92. The van der Waals surface area contributed by atoms with E-state index in [2.05, 4.69) is 4.90 Å². The van der Waals surface area contributed by atoms with Gasteiger partial charge in [-0.05, 0) is 14.1 Å². The minimum absolute atomic E-state index is 0.290. The van der Waals surface area contributed by atoms with Crippen LogP contribution in [0.5, 0.6) is 0 Å². The van der Waals surface area contributed by atoms with E-state index in [1.54, 1.807) is 11.8 Å². The quantitative estimate of drug-likeness (QED) is 0.441. The zero-order chi connectivity index (χ0) is 6.41. The summed E-state index contributed by atoms with van der Waals surface area (Å²) < 4.78 is 0. The summed E-state index contributed by atoms with van der Waals surface area (Å²) in [7, 11) is 4.04. The molecule has 3 heteroatoms. The van der Waals surface area contributed by atoms with Crippen molar-refractivity contribution in [3.05, 3.63) is 0 Å². The molecule has 0 aliphatic rings.